The standard InChI is InChI=1S/C12H20N4/c1-15-12(16-8-6-13-7-9-16)10-4-2-3-5-11(10)14-15/h13H,2-9H2,1H3. The van der Waals surface area contributed by atoms with Crippen molar-refractivity contribution in [2.75, 3.05) is 31.1 Å². The van der Waals surface area contributed by atoms with Gasteiger partial charge >= 0.3 is 0 Å². The van der Waals surface area contributed by atoms with Crippen molar-refractivity contribution in [2.24, 2.45) is 7.05 Å². The minimum absolute atomic E-state index is 1.10. The van der Waals surface area contributed by atoms with E-state index in [4.69, 9.17) is 0 Å². The summed E-state index contributed by atoms with van der Waals surface area (Å²) < 4.78 is 2.10. The largest absolute Gasteiger partial charge is 0.354 e. The zero-order valence-corrected chi connectivity index (χ0v) is 10.00. The van der Waals surface area contributed by atoms with Gasteiger partial charge in [0.1, 0.15) is 5.82 Å². The van der Waals surface area contributed by atoms with Crippen LogP contribution in [0.5, 0.6) is 0 Å². The van der Waals surface area contributed by atoms with Gasteiger partial charge in [-0.2, -0.15) is 5.10 Å². The van der Waals surface area contributed by atoms with Gasteiger partial charge in [0, 0.05) is 38.8 Å². The smallest absolute Gasteiger partial charge is 0.130 e. The maximum atomic E-state index is 4.68. The number of anilines is 1. The van der Waals surface area contributed by atoms with E-state index in [2.05, 4.69) is 27.0 Å². The number of piperazine rings is 1. The molecule has 1 fully saturated rings. The number of hydrogen-bond donors (Lipinski definition) is 1. The highest BCUT2D eigenvalue weighted by atomic mass is 15.4. The van der Waals surface area contributed by atoms with Crippen LogP contribution in [0.15, 0.2) is 0 Å². The molecule has 0 amide bonds. The summed E-state index contributed by atoms with van der Waals surface area (Å²) in [5.41, 5.74) is 2.87. The van der Waals surface area contributed by atoms with Crippen molar-refractivity contribution >= 4 is 5.82 Å². The lowest BCUT2D eigenvalue weighted by molar-refractivity contribution is 0.571. The van der Waals surface area contributed by atoms with Gasteiger partial charge in [0.05, 0.1) is 5.69 Å². The Bertz CT molecular complexity index is 377. The Hall–Kier alpha value is -1.03. The molecule has 2 heterocycles. The van der Waals surface area contributed by atoms with E-state index in [1.165, 1.54) is 42.8 Å². The van der Waals surface area contributed by atoms with Crippen LogP contribution in [-0.2, 0) is 19.9 Å². The molecule has 1 aromatic heterocycles. The predicted molar refractivity (Wildman–Crippen MR) is 64.9 cm³/mol. The molecule has 1 aliphatic heterocycles. The van der Waals surface area contributed by atoms with Gasteiger partial charge in [0.15, 0.2) is 0 Å². The van der Waals surface area contributed by atoms with E-state index in [1.807, 2.05) is 0 Å². The highest BCUT2D eigenvalue weighted by Crippen LogP contribution is 2.29. The van der Waals surface area contributed by atoms with E-state index >= 15 is 0 Å². The third kappa shape index (κ3) is 1.61. The van der Waals surface area contributed by atoms with E-state index in [0.717, 1.165) is 26.2 Å². The van der Waals surface area contributed by atoms with E-state index in [0.29, 0.717) is 0 Å². The summed E-state index contributed by atoms with van der Waals surface area (Å²) in [6, 6.07) is 0. The lowest BCUT2D eigenvalue weighted by Crippen LogP contribution is -2.44. The van der Waals surface area contributed by atoms with Crippen molar-refractivity contribution in [3.05, 3.63) is 11.3 Å². The third-order valence-corrected chi connectivity index (χ3v) is 3.70. The van der Waals surface area contributed by atoms with Gasteiger partial charge in [-0.25, -0.2) is 0 Å². The molecular formula is C12H20N4. The van der Waals surface area contributed by atoms with Crippen molar-refractivity contribution in [1.82, 2.24) is 15.1 Å². The molecule has 0 saturated carbocycles. The first-order chi connectivity index (χ1) is 7.86. The number of fused-ring (bicyclic) bond motifs is 1. The monoisotopic (exact) mass is 220 g/mol. The molecule has 1 saturated heterocycles. The number of aromatic nitrogens is 2. The van der Waals surface area contributed by atoms with E-state index in [9.17, 15) is 0 Å². The first-order valence-corrected chi connectivity index (χ1v) is 6.36. The number of aryl methyl sites for hydroxylation is 2. The van der Waals surface area contributed by atoms with Crippen molar-refractivity contribution in [1.29, 1.82) is 0 Å². The number of hydrogen-bond acceptors (Lipinski definition) is 3. The van der Waals surface area contributed by atoms with Gasteiger partial charge in [-0.05, 0) is 25.7 Å². The average molecular weight is 220 g/mol. The molecule has 4 nitrogen and oxygen atoms in total. The van der Waals surface area contributed by atoms with E-state index in [1.54, 1.807) is 0 Å². The molecule has 1 aliphatic carbocycles. The lowest BCUT2D eigenvalue weighted by Gasteiger charge is -2.30. The first kappa shape index (κ1) is 10.1. The Kier molecular flexibility index (Phi) is 2.59. The van der Waals surface area contributed by atoms with Crippen molar-refractivity contribution in [2.45, 2.75) is 25.7 Å². The normalized spacial score (nSPS) is 20.9. The highest BCUT2D eigenvalue weighted by Gasteiger charge is 2.23. The van der Waals surface area contributed by atoms with Crippen LogP contribution in [0.4, 0.5) is 5.82 Å². The number of nitrogens with zero attached hydrogens (tertiary/aromatic N) is 3. The van der Waals surface area contributed by atoms with Crippen LogP contribution in [0.25, 0.3) is 0 Å². The Balaban J connectivity index is 1.95. The van der Waals surface area contributed by atoms with Crippen molar-refractivity contribution in [3.63, 3.8) is 0 Å². The molecule has 0 spiro atoms. The van der Waals surface area contributed by atoms with Gasteiger partial charge in [0.2, 0.25) is 0 Å². The molecule has 1 aromatic rings. The zero-order valence-electron chi connectivity index (χ0n) is 10.00. The highest BCUT2D eigenvalue weighted by molar-refractivity contribution is 5.51. The summed E-state index contributed by atoms with van der Waals surface area (Å²) in [6.45, 7) is 4.43. The molecule has 4 heteroatoms. The zero-order chi connectivity index (χ0) is 11.0. The van der Waals surface area contributed by atoms with Gasteiger partial charge in [-0.3, -0.25) is 4.68 Å². The molecule has 0 atom stereocenters. The van der Waals surface area contributed by atoms with E-state index < -0.39 is 0 Å². The van der Waals surface area contributed by atoms with Crippen LogP contribution in [0.2, 0.25) is 0 Å². The van der Waals surface area contributed by atoms with Crippen molar-refractivity contribution < 1.29 is 0 Å². The molecular weight excluding hydrogens is 200 g/mol. The molecule has 88 valence electrons. The number of nitrogens with one attached hydrogen (secondary N) is 1. The molecule has 16 heavy (non-hydrogen) atoms. The summed E-state index contributed by atoms with van der Waals surface area (Å²) >= 11 is 0. The van der Waals surface area contributed by atoms with Crippen molar-refractivity contribution in [3.8, 4) is 0 Å². The van der Waals surface area contributed by atoms with Crippen LogP contribution in [0, 0.1) is 0 Å². The Morgan fingerprint density at radius 3 is 2.69 bits per heavy atom. The lowest BCUT2D eigenvalue weighted by atomic mass is 9.97. The average Bonchev–Trinajstić information content (AvgIpc) is 2.66. The molecule has 0 radical (unpaired) electrons. The van der Waals surface area contributed by atoms with Crippen LogP contribution in [0.3, 0.4) is 0 Å². The Labute approximate surface area is 96.6 Å². The molecule has 0 bridgehead atoms. The Morgan fingerprint density at radius 1 is 1.12 bits per heavy atom. The third-order valence-electron chi connectivity index (χ3n) is 3.70. The molecule has 2 aliphatic rings. The SMILES string of the molecule is Cn1nc2c(c1N1CCNCC1)CCCC2. The van der Waals surface area contributed by atoms with Gasteiger partial charge in [-0.15, -0.1) is 0 Å². The topological polar surface area (TPSA) is 33.1 Å². The molecule has 1 N–H and O–H groups in total. The summed E-state index contributed by atoms with van der Waals surface area (Å²) in [5, 5.41) is 8.09. The summed E-state index contributed by atoms with van der Waals surface area (Å²) in [7, 11) is 2.09. The summed E-state index contributed by atoms with van der Waals surface area (Å²) in [5.74, 6) is 1.39. The molecule has 0 aromatic carbocycles. The fourth-order valence-electron chi connectivity index (χ4n) is 2.94. The van der Waals surface area contributed by atoms with Gasteiger partial charge < -0.3 is 10.2 Å². The number of rotatable bonds is 1. The molecule has 0 unspecified atom stereocenters. The van der Waals surface area contributed by atoms with Crippen LogP contribution in [-0.4, -0.2) is 36.0 Å². The second kappa shape index (κ2) is 4.09. The van der Waals surface area contributed by atoms with Gasteiger partial charge in [0.25, 0.3) is 0 Å². The fraction of sp³-hybridized carbons (Fsp3) is 0.750. The van der Waals surface area contributed by atoms with Crippen LogP contribution >= 0.6 is 0 Å². The first-order valence-electron chi connectivity index (χ1n) is 6.36. The van der Waals surface area contributed by atoms with E-state index in [-0.39, 0.29) is 0 Å². The summed E-state index contributed by atoms with van der Waals surface area (Å²) in [6.07, 6.45) is 5.04. The van der Waals surface area contributed by atoms with Crippen LogP contribution in [0.1, 0.15) is 24.1 Å². The second-order valence-electron chi connectivity index (χ2n) is 4.82. The van der Waals surface area contributed by atoms with Gasteiger partial charge in [-0.1, -0.05) is 0 Å². The second-order valence-corrected chi connectivity index (χ2v) is 4.82. The maximum absolute atomic E-state index is 4.68. The fourth-order valence-corrected chi connectivity index (χ4v) is 2.94. The molecule has 3 rings (SSSR count). The Morgan fingerprint density at radius 2 is 1.88 bits per heavy atom. The summed E-state index contributed by atoms with van der Waals surface area (Å²) in [4.78, 5) is 2.49. The predicted octanol–water partition coefficient (Wildman–Crippen LogP) is 0.708. The van der Waals surface area contributed by atoms with Crippen LogP contribution < -0.4 is 10.2 Å². The maximum Gasteiger partial charge on any atom is 0.130 e. The quantitative estimate of drug-likeness (QED) is 0.756. The minimum atomic E-state index is 1.10. The minimum Gasteiger partial charge on any atom is -0.354 e.